The summed E-state index contributed by atoms with van der Waals surface area (Å²) in [6.07, 6.45) is 1.74. The molecule has 0 atom stereocenters. The van der Waals surface area contributed by atoms with E-state index in [2.05, 4.69) is 35.9 Å². The van der Waals surface area contributed by atoms with Crippen molar-refractivity contribution >= 4 is 37.5 Å². The van der Waals surface area contributed by atoms with Gasteiger partial charge in [-0.1, -0.05) is 15.9 Å². The van der Waals surface area contributed by atoms with Gasteiger partial charge in [0.05, 0.1) is 30.0 Å². The molecule has 0 amide bonds. The molecule has 0 N–H and O–H groups in total. The van der Waals surface area contributed by atoms with E-state index in [1.54, 1.807) is 34.8 Å². The molecule has 10 heteroatoms. The van der Waals surface area contributed by atoms with Crippen LogP contribution in [0.2, 0.25) is 0 Å². The summed E-state index contributed by atoms with van der Waals surface area (Å²) < 4.78 is 33.5. The van der Waals surface area contributed by atoms with Gasteiger partial charge in [-0.3, -0.25) is 0 Å². The average molecular weight is 468 g/mol. The van der Waals surface area contributed by atoms with Crippen LogP contribution in [-0.2, 0) is 14.8 Å². The van der Waals surface area contributed by atoms with Crippen molar-refractivity contribution in [3.05, 3.63) is 41.0 Å². The zero-order chi connectivity index (χ0) is 19.6. The van der Waals surface area contributed by atoms with Gasteiger partial charge in [0.1, 0.15) is 0 Å². The van der Waals surface area contributed by atoms with Crippen LogP contribution >= 0.6 is 15.9 Å². The number of ether oxygens (including phenoxy) is 1. The van der Waals surface area contributed by atoms with E-state index < -0.39 is 10.0 Å². The molecule has 0 aliphatic carbocycles. The van der Waals surface area contributed by atoms with Crippen LogP contribution in [0.5, 0.6) is 0 Å². The van der Waals surface area contributed by atoms with Gasteiger partial charge in [-0.2, -0.15) is 9.40 Å². The number of halogens is 1. The zero-order valence-corrected chi connectivity index (χ0v) is 17.8. The lowest BCUT2D eigenvalue weighted by atomic mass is 10.3. The second kappa shape index (κ2) is 8.32. The molecule has 2 aliphatic heterocycles. The number of piperazine rings is 1. The van der Waals surface area contributed by atoms with Crippen LogP contribution in [-0.4, -0.2) is 75.4 Å². The number of hydrogen-bond donors (Lipinski definition) is 0. The van der Waals surface area contributed by atoms with E-state index in [0.717, 1.165) is 29.1 Å². The molecule has 150 valence electrons. The van der Waals surface area contributed by atoms with Gasteiger partial charge < -0.3 is 14.5 Å². The Morgan fingerprint density at radius 1 is 0.929 bits per heavy atom. The van der Waals surface area contributed by atoms with E-state index in [-0.39, 0.29) is 0 Å². The van der Waals surface area contributed by atoms with Crippen LogP contribution in [0.1, 0.15) is 0 Å². The molecule has 4 rings (SSSR count). The van der Waals surface area contributed by atoms with Crippen LogP contribution in [0.25, 0.3) is 0 Å². The number of hydrogen-bond acceptors (Lipinski definition) is 7. The first kappa shape index (κ1) is 19.6. The van der Waals surface area contributed by atoms with E-state index in [0.29, 0.717) is 44.3 Å². The molecular weight excluding hydrogens is 446 g/mol. The fraction of sp³-hybridized carbons (Fsp3) is 0.444. The van der Waals surface area contributed by atoms with Crippen molar-refractivity contribution in [3.8, 4) is 0 Å². The van der Waals surface area contributed by atoms with E-state index >= 15 is 0 Å². The Morgan fingerprint density at radius 2 is 1.61 bits per heavy atom. The summed E-state index contributed by atoms with van der Waals surface area (Å²) >= 11 is 3.34. The highest BCUT2D eigenvalue weighted by atomic mass is 79.9. The summed E-state index contributed by atoms with van der Waals surface area (Å²) in [5.74, 6) is 0.839. The predicted octanol–water partition coefficient (Wildman–Crippen LogP) is 1.59. The molecule has 2 fully saturated rings. The van der Waals surface area contributed by atoms with Gasteiger partial charge in [-0.15, -0.1) is 5.10 Å². The maximum absolute atomic E-state index is 12.9. The fourth-order valence-corrected chi connectivity index (χ4v) is 5.09. The standard InChI is InChI=1S/C18H22BrN5O3S/c19-15-1-3-17(4-2-15)28(25,26)24-7-5-22(6-8-24)16-13-18(21-20-14-16)23-9-11-27-12-10-23/h1-4,13-14H,5-12H2. The van der Waals surface area contributed by atoms with E-state index in [1.807, 2.05) is 6.07 Å². The van der Waals surface area contributed by atoms with Crippen molar-refractivity contribution in [1.82, 2.24) is 14.5 Å². The Balaban J connectivity index is 1.43. The first-order valence-electron chi connectivity index (χ1n) is 9.20. The summed E-state index contributed by atoms with van der Waals surface area (Å²) in [4.78, 5) is 4.64. The first-order valence-corrected chi connectivity index (χ1v) is 11.4. The predicted molar refractivity (Wildman–Crippen MR) is 110 cm³/mol. The highest BCUT2D eigenvalue weighted by Crippen LogP contribution is 2.24. The second-order valence-corrected chi connectivity index (χ2v) is 9.57. The second-order valence-electron chi connectivity index (χ2n) is 6.72. The zero-order valence-electron chi connectivity index (χ0n) is 15.4. The first-order chi connectivity index (χ1) is 13.5. The average Bonchev–Trinajstić information content (AvgIpc) is 2.75. The minimum atomic E-state index is -3.47. The number of sulfonamides is 1. The monoisotopic (exact) mass is 467 g/mol. The lowest BCUT2D eigenvalue weighted by molar-refractivity contribution is 0.122. The Hall–Kier alpha value is -1.75. The number of morpholine rings is 1. The molecule has 0 spiro atoms. The molecule has 28 heavy (non-hydrogen) atoms. The normalized spacial score (nSPS) is 19.0. The quantitative estimate of drug-likeness (QED) is 0.675. The van der Waals surface area contributed by atoms with Crippen LogP contribution in [0.15, 0.2) is 45.9 Å². The van der Waals surface area contributed by atoms with Crippen LogP contribution in [0.4, 0.5) is 11.5 Å². The highest BCUT2D eigenvalue weighted by molar-refractivity contribution is 9.10. The largest absolute Gasteiger partial charge is 0.378 e. The number of rotatable bonds is 4. The van der Waals surface area contributed by atoms with Crippen molar-refractivity contribution in [2.24, 2.45) is 0 Å². The fourth-order valence-electron chi connectivity index (χ4n) is 3.41. The van der Waals surface area contributed by atoms with Gasteiger partial charge in [0.2, 0.25) is 10.0 Å². The molecule has 8 nitrogen and oxygen atoms in total. The summed E-state index contributed by atoms with van der Waals surface area (Å²) in [6, 6.07) is 8.79. The molecule has 0 radical (unpaired) electrons. The van der Waals surface area contributed by atoms with Gasteiger partial charge in [0.25, 0.3) is 0 Å². The van der Waals surface area contributed by atoms with E-state index in [1.165, 1.54) is 0 Å². The third kappa shape index (κ3) is 4.14. The Labute approximate surface area is 173 Å². The van der Waals surface area contributed by atoms with Crippen molar-refractivity contribution in [3.63, 3.8) is 0 Å². The summed E-state index contributed by atoms with van der Waals surface area (Å²) in [6.45, 7) is 5.10. The molecule has 2 aromatic rings. The molecule has 1 aromatic carbocycles. The van der Waals surface area contributed by atoms with Crippen molar-refractivity contribution in [2.75, 3.05) is 62.3 Å². The number of anilines is 2. The minimum absolute atomic E-state index is 0.323. The SMILES string of the molecule is O=S(=O)(c1ccc(Br)cc1)N1CCN(c2cnnc(N3CCOCC3)c2)CC1. The highest BCUT2D eigenvalue weighted by Gasteiger charge is 2.29. The van der Waals surface area contributed by atoms with Crippen LogP contribution < -0.4 is 9.80 Å². The number of aromatic nitrogens is 2. The lowest BCUT2D eigenvalue weighted by Gasteiger charge is -2.35. The van der Waals surface area contributed by atoms with Crippen LogP contribution in [0.3, 0.4) is 0 Å². The minimum Gasteiger partial charge on any atom is -0.378 e. The molecule has 2 saturated heterocycles. The van der Waals surface area contributed by atoms with Crippen molar-refractivity contribution in [1.29, 1.82) is 0 Å². The molecule has 3 heterocycles. The van der Waals surface area contributed by atoms with Crippen molar-refractivity contribution < 1.29 is 13.2 Å². The molecule has 0 unspecified atom stereocenters. The van der Waals surface area contributed by atoms with Crippen LogP contribution in [0, 0.1) is 0 Å². The maximum Gasteiger partial charge on any atom is 0.243 e. The summed E-state index contributed by atoms with van der Waals surface area (Å²) in [7, 11) is -3.47. The maximum atomic E-state index is 12.9. The number of benzene rings is 1. The molecule has 2 aliphatic rings. The topological polar surface area (TPSA) is 78.9 Å². The van der Waals surface area contributed by atoms with E-state index in [4.69, 9.17) is 4.74 Å². The lowest BCUT2D eigenvalue weighted by Crippen LogP contribution is -2.48. The Bertz CT molecular complexity index is 911. The molecule has 0 saturated carbocycles. The van der Waals surface area contributed by atoms with Gasteiger partial charge in [0.15, 0.2) is 5.82 Å². The third-order valence-corrected chi connectivity index (χ3v) is 7.46. The molecule has 1 aromatic heterocycles. The van der Waals surface area contributed by atoms with Gasteiger partial charge in [0, 0.05) is 49.8 Å². The van der Waals surface area contributed by atoms with Crippen molar-refractivity contribution in [2.45, 2.75) is 4.90 Å². The van der Waals surface area contributed by atoms with E-state index in [9.17, 15) is 8.42 Å². The molecule has 0 bridgehead atoms. The van der Waals surface area contributed by atoms with Gasteiger partial charge in [-0.25, -0.2) is 8.42 Å². The summed E-state index contributed by atoms with van der Waals surface area (Å²) in [5, 5.41) is 8.39. The Morgan fingerprint density at radius 3 is 2.29 bits per heavy atom. The van der Waals surface area contributed by atoms with Gasteiger partial charge in [-0.05, 0) is 24.3 Å². The third-order valence-electron chi connectivity index (χ3n) is 5.02. The molecular formula is C18H22BrN5O3S. The Kier molecular flexibility index (Phi) is 5.81. The number of nitrogens with zero attached hydrogens (tertiary/aromatic N) is 5. The van der Waals surface area contributed by atoms with Gasteiger partial charge >= 0.3 is 0 Å². The smallest absolute Gasteiger partial charge is 0.243 e. The summed E-state index contributed by atoms with van der Waals surface area (Å²) in [5.41, 5.74) is 0.970.